The topological polar surface area (TPSA) is 92.9 Å². The van der Waals surface area contributed by atoms with Crippen LogP contribution in [0.4, 0.5) is 5.13 Å². The predicted molar refractivity (Wildman–Crippen MR) is 152 cm³/mol. The first-order valence-corrected chi connectivity index (χ1v) is 13.7. The molecule has 0 aliphatic carbocycles. The number of thiazole rings is 1. The lowest BCUT2D eigenvalue weighted by Crippen LogP contribution is -2.30. The number of furan rings is 1. The maximum atomic E-state index is 13.9. The number of amides is 1. The third-order valence-electron chi connectivity index (χ3n) is 6.80. The smallest absolute Gasteiger partial charge is 0.296 e. The largest absolute Gasteiger partial charge is 0.503 e. The van der Waals surface area contributed by atoms with Gasteiger partial charge in [0, 0.05) is 5.39 Å². The number of aryl methyl sites for hydroxylation is 1. The van der Waals surface area contributed by atoms with Gasteiger partial charge in [0.05, 0.1) is 28.4 Å². The number of aromatic nitrogens is 1. The number of hydrogen-bond acceptors (Lipinski definition) is 7. The molecule has 5 aromatic rings. The van der Waals surface area contributed by atoms with Crippen LogP contribution in [0, 0.1) is 6.92 Å². The van der Waals surface area contributed by atoms with Crippen molar-refractivity contribution in [2.45, 2.75) is 32.7 Å². The van der Waals surface area contributed by atoms with E-state index in [1.807, 2.05) is 67.6 Å². The van der Waals surface area contributed by atoms with Gasteiger partial charge in [0.2, 0.25) is 5.78 Å². The molecule has 2 aromatic heterocycles. The van der Waals surface area contributed by atoms with Crippen LogP contribution in [0.15, 0.2) is 88.5 Å². The van der Waals surface area contributed by atoms with E-state index < -0.39 is 23.5 Å². The van der Waals surface area contributed by atoms with Crippen molar-refractivity contribution in [1.82, 2.24) is 4.98 Å². The molecule has 1 atom stereocenters. The Kier molecular flexibility index (Phi) is 6.40. The van der Waals surface area contributed by atoms with E-state index in [4.69, 9.17) is 14.1 Å². The predicted octanol–water partition coefficient (Wildman–Crippen LogP) is 7.31. The number of aliphatic hydroxyl groups is 1. The number of anilines is 1. The zero-order chi connectivity index (χ0) is 27.1. The number of ether oxygens (including phenoxy) is 1. The second-order valence-corrected chi connectivity index (χ2v) is 10.6. The lowest BCUT2D eigenvalue weighted by molar-refractivity contribution is -0.117. The average molecular weight is 539 g/mol. The van der Waals surface area contributed by atoms with Crippen molar-refractivity contribution in [2.24, 2.45) is 0 Å². The van der Waals surface area contributed by atoms with Crippen LogP contribution >= 0.6 is 11.3 Å². The Morgan fingerprint density at radius 2 is 1.90 bits per heavy atom. The number of benzene rings is 3. The number of aliphatic hydroxyl groups excluding tert-OH is 1. The van der Waals surface area contributed by atoms with Gasteiger partial charge in [0.15, 0.2) is 16.7 Å². The number of Topliss-reactive ketones (excluding diaryl/α,β-unsaturated/α-hetero) is 1. The van der Waals surface area contributed by atoms with Crippen molar-refractivity contribution in [2.75, 3.05) is 11.5 Å². The van der Waals surface area contributed by atoms with Gasteiger partial charge in [-0.15, -0.1) is 0 Å². The molecule has 0 radical (unpaired) electrons. The van der Waals surface area contributed by atoms with Gasteiger partial charge in [-0.25, -0.2) is 4.98 Å². The van der Waals surface area contributed by atoms with Crippen LogP contribution < -0.4 is 9.64 Å². The summed E-state index contributed by atoms with van der Waals surface area (Å²) in [5, 5.41) is 12.3. The quantitative estimate of drug-likeness (QED) is 0.164. The van der Waals surface area contributed by atoms with Gasteiger partial charge in [-0.3, -0.25) is 14.5 Å². The molecular formula is C31H26N2O5S. The van der Waals surface area contributed by atoms with Gasteiger partial charge < -0.3 is 14.3 Å². The summed E-state index contributed by atoms with van der Waals surface area (Å²) in [4.78, 5) is 33.5. The van der Waals surface area contributed by atoms with Gasteiger partial charge in [-0.2, -0.15) is 0 Å². The number of nitrogens with zero attached hydrogens (tertiary/aromatic N) is 2. The van der Waals surface area contributed by atoms with Crippen LogP contribution in [0.1, 0.15) is 47.5 Å². The molecular weight excluding hydrogens is 512 g/mol. The number of rotatable bonds is 8. The Morgan fingerprint density at radius 1 is 1.10 bits per heavy atom. The summed E-state index contributed by atoms with van der Waals surface area (Å²) >= 11 is 1.34. The van der Waals surface area contributed by atoms with Crippen molar-refractivity contribution in [3.63, 3.8) is 0 Å². The van der Waals surface area contributed by atoms with Gasteiger partial charge >= 0.3 is 0 Å². The van der Waals surface area contributed by atoms with E-state index in [2.05, 4.69) is 6.92 Å². The molecule has 1 unspecified atom stereocenters. The Bertz CT molecular complexity index is 1720. The van der Waals surface area contributed by atoms with Crippen LogP contribution in [0.2, 0.25) is 0 Å². The molecule has 1 aliphatic rings. The van der Waals surface area contributed by atoms with Crippen molar-refractivity contribution in [3.05, 3.63) is 101 Å². The summed E-state index contributed by atoms with van der Waals surface area (Å²) in [6, 6.07) is 21.1. The minimum absolute atomic E-state index is 0.0471. The number of hydrogen-bond donors (Lipinski definition) is 1. The molecule has 3 heterocycles. The van der Waals surface area contributed by atoms with E-state index >= 15 is 0 Å². The van der Waals surface area contributed by atoms with E-state index in [1.54, 1.807) is 12.1 Å². The van der Waals surface area contributed by atoms with Crippen LogP contribution in [-0.4, -0.2) is 28.4 Å². The fraction of sp³-hybridized carbons (Fsp3) is 0.194. The lowest BCUT2D eigenvalue weighted by atomic mass is 9.95. The summed E-state index contributed by atoms with van der Waals surface area (Å²) in [6.45, 7) is 4.69. The SMILES string of the molecule is CCCCOc1ccc(C2C(C(=O)c3cc4ccccc4o3)=C(O)C(=O)N2c2nc3ccc(C)cc3s2)cc1. The van der Waals surface area contributed by atoms with Gasteiger partial charge in [0.25, 0.3) is 5.91 Å². The van der Waals surface area contributed by atoms with Gasteiger partial charge in [0.1, 0.15) is 11.3 Å². The highest BCUT2D eigenvalue weighted by molar-refractivity contribution is 7.22. The normalized spacial score (nSPS) is 15.6. The van der Waals surface area contributed by atoms with Crippen LogP contribution in [0.25, 0.3) is 21.2 Å². The molecule has 7 nitrogen and oxygen atoms in total. The summed E-state index contributed by atoms with van der Waals surface area (Å²) < 4.78 is 12.6. The third-order valence-corrected chi connectivity index (χ3v) is 7.82. The van der Waals surface area contributed by atoms with E-state index in [9.17, 15) is 14.7 Å². The fourth-order valence-corrected chi connectivity index (χ4v) is 5.87. The number of ketones is 1. The highest BCUT2D eigenvalue weighted by Crippen LogP contribution is 2.44. The first-order chi connectivity index (χ1) is 18.9. The molecule has 1 N–H and O–H groups in total. The molecule has 196 valence electrons. The second kappa shape index (κ2) is 10.0. The van der Waals surface area contributed by atoms with Gasteiger partial charge in [-0.1, -0.05) is 61.1 Å². The van der Waals surface area contributed by atoms with E-state index in [-0.39, 0.29) is 11.3 Å². The Morgan fingerprint density at radius 3 is 2.67 bits per heavy atom. The minimum atomic E-state index is -0.899. The number of carbonyl (C=O) groups excluding carboxylic acids is 2. The zero-order valence-corrected chi connectivity index (χ0v) is 22.3. The molecule has 6 rings (SSSR count). The molecule has 0 saturated carbocycles. The lowest BCUT2D eigenvalue weighted by Gasteiger charge is -2.24. The second-order valence-electron chi connectivity index (χ2n) is 9.56. The fourth-order valence-electron chi connectivity index (χ4n) is 4.78. The minimum Gasteiger partial charge on any atom is -0.503 e. The zero-order valence-electron chi connectivity index (χ0n) is 21.5. The molecule has 1 amide bonds. The van der Waals surface area contributed by atoms with E-state index in [0.29, 0.717) is 28.6 Å². The first-order valence-electron chi connectivity index (χ1n) is 12.8. The first kappa shape index (κ1) is 24.9. The molecule has 39 heavy (non-hydrogen) atoms. The Labute approximate surface area is 229 Å². The Hall–Kier alpha value is -4.43. The number of para-hydroxylation sites is 1. The van der Waals surface area contributed by atoms with E-state index in [0.717, 1.165) is 34.0 Å². The molecule has 0 bridgehead atoms. The highest BCUT2D eigenvalue weighted by Gasteiger charge is 2.46. The van der Waals surface area contributed by atoms with Crippen LogP contribution in [0.5, 0.6) is 5.75 Å². The average Bonchev–Trinajstić information content (AvgIpc) is 3.63. The van der Waals surface area contributed by atoms with Gasteiger partial charge in [-0.05, 0) is 60.9 Å². The highest BCUT2D eigenvalue weighted by atomic mass is 32.1. The standard InChI is InChI=1S/C31H26N2O5S/c1-3-4-15-37-21-12-10-19(11-13-21)27-26(28(34)24-17-20-7-5-6-8-23(20)38-24)29(35)30(36)33(27)31-32-22-14-9-18(2)16-25(22)39-31/h5-14,16-17,27,35H,3-4,15H2,1-2H3. The summed E-state index contributed by atoms with van der Waals surface area (Å²) in [5.74, 6) is -1.10. The Balaban J connectivity index is 1.45. The number of fused-ring (bicyclic) bond motifs is 2. The van der Waals surface area contributed by atoms with Crippen molar-refractivity contribution in [3.8, 4) is 5.75 Å². The molecule has 0 spiro atoms. The maximum Gasteiger partial charge on any atom is 0.296 e. The molecule has 0 saturated heterocycles. The maximum absolute atomic E-state index is 13.9. The monoisotopic (exact) mass is 538 g/mol. The van der Waals surface area contributed by atoms with Crippen molar-refractivity contribution >= 4 is 49.3 Å². The summed E-state index contributed by atoms with van der Waals surface area (Å²) in [7, 11) is 0. The van der Waals surface area contributed by atoms with Crippen molar-refractivity contribution in [1.29, 1.82) is 0 Å². The molecule has 0 fully saturated rings. The summed E-state index contributed by atoms with van der Waals surface area (Å²) in [6.07, 6.45) is 1.97. The molecule has 1 aliphatic heterocycles. The third kappa shape index (κ3) is 4.46. The van der Waals surface area contributed by atoms with Crippen LogP contribution in [-0.2, 0) is 4.79 Å². The molecule has 8 heteroatoms. The van der Waals surface area contributed by atoms with Crippen molar-refractivity contribution < 1.29 is 23.8 Å². The van der Waals surface area contributed by atoms with Crippen LogP contribution in [0.3, 0.4) is 0 Å². The number of carbonyl (C=O) groups is 2. The summed E-state index contributed by atoms with van der Waals surface area (Å²) in [5.41, 5.74) is 2.96. The number of unbranched alkanes of at least 4 members (excludes halogenated alkanes) is 1. The van der Waals surface area contributed by atoms with E-state index in [1.165, 1.54) is 16.2 Å². The molecule has 3 aromatic carbocycles.